The number of aromatic nitrogens is 2. The summed E-state index contributed by atoms with van der Waals surface area (Å²) in [6.07, 6.45) is -3.90. The largest absolute Gasteiger partial charge is 0.410 e. The lowest BCUT2D eigenvalue weighted by Gasteiger charge is -2.33. The first-order valence-corrected chi connectivity index (χ1v) is 10.2. The highest BCUT2D eigenvalue weighted by Gasteiger charge is 2.46. The number of carbonyl (C=O) groups excluding carboxylic acids is 1. The summed E-state index contributed by atoms with van der Waals surface area (Å²) in [7, 11) is 0. The van der Waals surface area contributed by atoms with Crippen LogP contribution < -0.4 is 10.6 Å². The molecule has 0 saturated heterocycles. The number of aryl methyl sites for hydroxylation is 1. The van der Waals surface area contributed by atoms with Crippen molar-refractivity contribution in [3.8, 4) is 0 Å². The third-order valence-electron chi connectivity index (χ3n) is 5.31. The summed E-state index contributed by atoms with van der Waals surface area (Å²) in [5.74, 6) is -0.433. The van der Waals surface area contributed by atoms with E-state index in [9.17, 15) is 18.0 Å². The fourth-order valence-corrected chi connectivity index (χ4v) is 3.74. The Hall–Kier alpha value is -3.00. The van der Waals surface area contributed by atoms with E-state index in [4.69, 9.17) is 11.6 Å². The van der Waals surface area contributed by atoms with Gasteiger partial charge >= 0.3 is 6.18 Å². The van der Waals surface area contributed by atoms with E-state index >= 15 is 0 Å². The van der Waals surface area contributed by atoms with Crippen molar-refractivity contribution in [2.45, 2.75) is 38.0 Å². The molecule has 0 spiro atoms. The smallest absolute Gasteiger partial charge is 0.363 e. The molecule has 1 aliphatic heterocycles. The molecule has 2 aromatic carbocycles. The third kappa shape index (κ3) is 4.54. The highest BCUT2D eigenvalue weighted by Crippen LogP contribution is 2.43. The minimum Gasteiger partial charge on any atom is -0.363 e. The van der Waals surface area contributed by atoms with Crippen LogP contribution in [0.4, 0.5) is 24.7 Å². The van der Waals surface area contributed by atoms with Crippen LogP contribution in [-0.2, 0) is 6.42 Å². The van der Waals surface area contributed by atoms with Crippen LogP contribution in [0.3, 0.4) is 0 Å². The van der Waals surface area contributed by atoms with Crippen LogP contribution in [0.15, 0.2) is 54.6 Å². The molecular weight excluding hydrogens is 429 g/mol. The van der Waals surface area contributed by atoms with Crippen LogP contribution in [0.5, 0.6) is 0 Å². The highest BCUT2D eigenvalue weighted by molar-refractivity contribution is 6.30. The maximum atomic E-state index is 13.8. The van der Waals surface area contributed by atoms with Crippen molar-refractivity contribution in [2.24, 2.45) is 0 Å². The van der Waals surface area contributed by atoms with Gasteiger partial charge in [0.05, 0.1) is 6.04 Å². The molecule has 2 heterocycles. The Balaban J connectivity index is 1.61. The van der Waals surface area contributed by atoms with Crippen LogP contribution >= 0.6 is 11.6 Å². The number of hydrogen-bond donors (Lipinski definition) is 2. The lowest BCUT2D eigenvalue weighted by molar-refractivity contribution is -0.173. The number of alkyl halides is 3. The maximum Gasteiger partial charge on any atom is 0.410 e. The van der Waals surface area contributed by atoms with E-state index in [1.54, 1.807) is 36.4 Å². The van der Waals surface area contributed by atoms with Crippen molar-refractivity contribution in [3.63, 3.8) is 0 Å². The molecule has 162 valence electrons. The number of benzene rings is 2. The fraction of sp³-hybridized carbons (Fsp3) is 0.273. The Bertz CT molecular complexity index is 1080. The first-order valence-electron chi connectivity index (χ1n) is 9.83. The maximum absolute atomic E-state index is 13.8. The van der Waals surface area contributed by atoms with Gasteiger partial charge in [0.15, 0.2) is 11.7 Å². The lowest BCUT2D eigenvalue weighted by Crippen LogP contribution is -2.35. The third-order valence-corrected chi connectivity index (χ3v) is 5.57. The molecule has 0 bridgehead atoms. The minimum atomic E-state index is -4.52. The van der Waals surface area contributed by atoms with E-state index in [1.165, 1.54) is 6.07 Å². The summed E-state index contributed by atoms with van der Waals surface area (Å²) < 4.78 is 42.2. The molecule has 4 rings (SSSR count). The average Bonchev–Trinajstić information content (AvgIpc) is 3.17. The Labute approximate surface area is 182 Å². The standard InChI is InChI=1S/C22H20ClF3N4O/c1-2-13-3-9-16(10-4-13)27-21(31)18-12-20-28-17(14-5-7-15(23)8-6-14)11-19(22(24,25)26)30(20)29-18/h3-10,12,17,19,28H,2,11H2,1H3,(H,27,31). The Morgan fingerprint density at radius 3 is 2.48 bits per heavy atom. The number of halogens is 4. The number of hydrogen-bond acceptors (Lipinski definition) is 3. The number of anilines is 2. The van der Waals surface area contributed by atoms with Crippen LogP contribution in [0.2, 0.25) is 5.02 Å². The van der Waals surface area contributed by atoms with Crippen LogP contribution in [0.1, 0.15) is 47.0 Å². The fourth-order valence-electron chi connectivity index (χ4n) is 3.62. The zero-order valence-corrected chi connectivity index (χ0v) is 17.3. The molecule has 2 unspecified atom stereocenters. The second-order valence-corrected chi connectivity index (χ2v) is 7.84. The Morgan fingerprint density at radius 2 is 1.87 bits per heavy atom. The average molecular weight is 449 g/mol. The number of rotatable bonds is 4. The van der Waals surface area contributed by atoms with Crippen molar-refractivity contribution in [1.29, 1.82) is 0 Å². The predicted octanol–water partition coefficient (Wildman–Crippen LogP) is 6.01. The zero-order valence-electron chi connectivity index (χ0n) is 16.6. The second-order valence-electron chi connectivity index (χ2n) is 7.41. The molecule has 2 N–H and O–H groups in total. The van der Waals surface area contributed by atoms with Crippen LogP contribution in [0, 0.1) is 0 Å². The summed E-state index contributed by atoms with van der Waals surface area (Å²) >= 11 is 5.90. The normalized spacial score (nSPS) is 18.2. The van der Waals surface area contributed by atoms with E-state index in [1.807, 2.05) is 19.1 Å². The number of carbonyl (C=O) groups is 1. The summed E-state index contributed by atoms with van der Waals surface area (Å²) in [5.41, 5.74) is 2.25. The number of amides is 1. The monoisotopic (exact) mass is 448 g/mol. The van der Waals surface area contributed by atoms with Gasteiger partial charge in [0.25, 0.3) is 5.91 Å². The molecule has 3 aromatic rings. The van der Waals surface area contributed by atoms with Gasteiger partial charge in [-0.05, 0) is 41.8 Å². The van der Waals surface area contributed by atoms with E-state index in [-0.39, 0.29) is 17.9 Å². The van der Waals surface area contributed by atoms with Gasteiger partial charge in [-0.15, -0.1) is 0 Å². The van der Waals surface area contributed by atoms with Gasteiger partial charge < -0.3 is 10.6 Å². The van der Waals surface area contributed by atoms with Gasteiger partial charge in [-0.3, -0.25) is 4.79 Å². The molecule has 0 saturated carbocycles. The molecule has 0 fully saturated rings. The van der Waals surface area contributed by atoms with Crippen LogP contribution in [0.25, 0.3) is 0 Å². The zero-order chi connectivity index (χ0) is 22.2. The van der Waals surface area contributed by atoms with Gasteiger partial charge in [0, 0.05) is 23.2 Å². The molecule has 1 aromatic heterocycles. The molecule has 1 amide bonds. The van der Waals surface area contributed by atoms with Crippen molar-refractivity contribution >= 4 is 29.0 Å². The summed E-state index contributed by atoms with van der Waals surface area (Å²) in [6.45, 7) is 2.02. The molecule has 9 heteroatoms. The van der Waals surface area contributed by atoms with E-state index < -0.39 is 24.2 Å². The number of nitrogens with zero attached hydrogens (tertiary/aromatic N) is 2. The van der Waals surface area contributed by atoms with Crippen molar-refractivity contribution in [2.75, 3.05) is 10.6 Å². The topological polar surface area (TPSA) is 59.0 Å². The first kappa shape index (κ1) is 21.2. The predicted molar refractivity (Wildman–Crippen MR) is 114 cm³/mol. The van der Waals surface area contributed by atoms with Gasteiger partial charge in [-0.1, -0.05) is 42.8 Å². The molecule has 31 heavy (non-hydrogen) atoms. The number of fused-ring (bicyclic) bond motifs is 1. The molecule has 0 aliphatic carbocycles. The van der Waals surface area contributed by atoms with Crippen LogP contribution in [-0.4, -0.2) is 21.9 Å². The minimum absolute atomic E-state index is 0.0897. The Kier molecular flexibility index (Phi) is 5.66. The lowest BCUT2D eigenvalue weighted by atomic mass is 9.97. The molecule has 5 nitrogen and oxygen atoms in total. The molecule has 2 atom stereocenters. The molecule has 1 aliphatic rings. The van der Waals surface area contributed by atoms with Crippen molar-refractivity contribution in [1.82, 2.24) is 9.78 Å². The van der Waals surface area contributed by atoms with E-state index in [0.29, 0.717) is 16.3 Å². The summed E-state index contributed by atoms with van der Waals surface area (Å²) in [6, 6.07) is 12.8. The Morgan fingerprint density at radius 1 is 1.19 bits per heavy atom. The summed E-state index contributed by atoms with van der Waals surface area (Å²) in [5, 5.41) is 10.2. The molecular formula is C22H20ClF3N4O. The second kappa shape index (κ2) is 8.26. The highest BCUT2D eigenvalue weighted by atomic mass is 35.5. The SMILES string of the molecule is CCc1ccc(NC(=O)c2cc3n(n2)C(C(F)(F)F)CC(c2ccc(Cl)cc2)N3)cc1. The quantitative estimate of drug-likeness (QED) is 0.513. The van der Waals surface area contributed by atoms with E-state index in [0.717, 1.165) is 16.7 Å². The number of nitrogens with one attached hydrogen (secondary N) is 2. The summed E-state index contributed by atoms with van der Waals surface area (Å²) in [4.78, 5) is 12.6. The first-order chi connectivity index (χ1) is 14.7. The van der Waals surface area contributed by atoms with Gasteiger partial charge in [-0.25, -0.2) is 4.68 Å². The van der Waals surface area contributed by atoms with Gasteiger partial charge in [-0.2, -0.15) is 18.3 Å². The van der Waals surface area contributed by atoms with Gasteiger partial charge in [0.2, 0.25) is 0 Å². The van der Waals surface area contributed by atoms with Crippen molar-refractivity contribution in [3.05, 3.63) is 76.4 Å². The molecule has 0 radical (unpaired) electrons. The van der Waals surface area contributed by atoms with Crippen molar-refractivity contribution < 1.29 is 18.0 Å². The van der Waals surface area contributed by atoms with E-state index in [2.05, 4.69) is 15.7 Å². The van der Waals surface area contributed by atoms with Gasteiger partial charge in [0.1, 0.15) is 5.82 Å².